The van der Waals surface area contributed by atoms with E-state index in [-0.39, 0.29) is 6.04 Å². The van der Waals surface area contributed by atoms with Crippen LogP contribution in [-0.4, -0.2) is 0 Å². The maximum absolute atomic E-state index is 12.7. The third kappa shape index (κ3) is 4.20. The molecule has 1 aromatic carbocycles. The second-order valence-corrected chi connectivity index (χ2v) is 6.02. The molecular weight excluding hydrogens is 277 g/mol. The monoisotopic (exact) mass is 300 g/mol. The number of rotatable bonds is 5. The van der Waals surface area contributed by atoms with Gasteiger partial charge >= 0.3 is 6.18 Å². The highest BCUT2D eigenvalue weighted by molar-refractivity contribution is 5.34. The van der Waals surface area contributed by atoms with E-state index < -0.39 is 11.7 Å². The molecule has 3 N–H and O–H groups in total. The highest BCUT2D eigenvalue weighted by Gasteiger charge is 2.31. The molecule has 1 saturated carbocycles. The van der Waals surface area contributed by atoms with E-state index in [4.69, 9.17) is 5.84 Å². The molecule has 0 saturated heterocycles. The molecule has 0 aliphatic heterocycles. The molecule has 0 amide bonds. The first kappa shape index (κ1) is 16.3. The van der Waals surface area contributed by atoms with Gasteiger partial charge in [0, 0.05) is 6.04 Å². The summed E-state index contributed by atoms with van der Waals surface area (Å²) in [6, 6.07) is 3.82. The largest absolute Gasteiger partial charge is 0.416 e. The zero-order valence-corrected chi connectivity index (χ0v) is 12.3. The minimum absolute atomic E-state index is 0.0760. The van der Waals surface area contributed by atoms with Gasteiger partial charge < -0.3 is 0 Å². The first-order chi connectivity index (χ1) is 9.91. The molecule has 0 heterocycles. The lowest BCUT2D eigenvalue weighted by molar-refractivity contribution is -0.137. The molecule has 1 fully saturated rings. The standard InChI is InChI=1S/C16H23F3N2/c1-11-10-13(16(17,18)19)7-8-14(11)15(21-20)9-6-12-4-2-3-5-12/h7-8,10,12,15,21H,2-6,9,20H2,1H3. The predicted molar refractivity (Wildman–Crippen MR) is 77.4 cm³/mol. The Morgan fingerprint density at radius 1 is 1.29 bits per heavy atom. The summed E-state index contributed by atoms with van der Waals surface area (Å²) in [5, 5.41) is 0. The Morgan fingerprint density at radius 2 is 1.95 bits per heavy atom. The fourth-order valence-corrected chi connectivity index (χ4v) is 3.27. The van der Waals surface area contributed by atoms with Gasteiger partial charge in [-0.3, -0.25) is 11.3 Å². The Labute approximate surface area is 123 Å². The third-order valence-electron chi connectivity index (χ3n) is 4.51. The summed E-state index contributed by atoms with van der Waals surface area (Å²) in [6.07, 6.45) is 2.78. The van der Waals surface area contributed by atoms with Crippen LogP contribution in [0.3, 0.4) is 0 Å². The van der Waals surface area contributed by atoms with Crippen molar-refractivity contribution in [3.8, 4) is 0 Å². The van der Waals surface area contributed by atoms with Crippen molar-refractivity contribution in [3.05, 3.63) is 34.9 Å². The van der Waals surface area contributed by atoms with E-state index in [0.29, 0.717) is 5.56 Å². The van der Waals surface area contributed by atoms with Crippen molar-refractivity contribution in [3.63, 3.8) is 0 Å². The number of halogens is 3. The Kier molecular flexibility index (Phi) is 5.27. The van der Waals surface area contributed by atoms with Crippen molar-refractivity contribution in [1.29, 1.82) is 0 Å². The van der Waals surface area contributed by atoms with Crippen LogP contribution in [0.1, 0.15) is 61.3 Å². The molecule has 2 rings (SSSR count). The SMILES string of the molecule is Cc1cc(C(F)(F)F)ccc1C(CCC1CCCC1)NN. The molecule has 5 heteroatoms. The van der Waals surface area contributed by atoms with E-state index >= 15 is 0 Å². The smallest absolute Gasteiger partial charge is 0.271 e. The summed E-state index contributed by atoms with van der Waals surface area (Å²) in [7, 11) is 0. The molecule has 1 unspecified atom stereocenters. The molecule has 0 radical (unpaired) electrons. The van der Waals surface area contributed by atoms with Crippen LogP contribution in [0.4, 0.5) is 13.2 Å². The summed E-state index contributed by atoms with van der Waals surface area (Å²) in [5.41, 5.74) is 3.66. The number of alkyl halides is 3. The van der Waals surface area contributed by atoms with Crippen molar-refractivity contribution in [2.75, 3.05) is 0 Å². The normalized spacial score (nSPS) is 18.1. The fourth-order valence-electron chi connectivity index (χ4n) is 3.27. The molecular formula is C16H23F3N2. The summed E-state index contributed by atoms with van der Waals surface area (Å²) in [4.78, 5) is 0. The Balaban J connectivity index is 2.06. The van der Waals surface area contributed by atoms with E-state index in [1.807, 2.05) is 0 Å². The maximum Gasteiger partial charge on any atom is 0.416 e. The quantitative estimate of drug-likeness (QED) is 0.621. The van der Waals surface area contributed by atoms with E-state index in [0.717, 1.165) is 30.4 Å². The van der Waals surface area contributed by atoms with Gasteiger partial charge in [0.1, 0.15) is 0 Å². The molecule has 1 aromatic rings. The second kappa shape index (κ2) is 6.79. The third-order valence-corrected chi connectivity index (χ3v) is 4.51. The van der Waals surface area contributed by atoms with Gasteiger partial charge in [0.2, 0.25) is 0 Å². The van der Waals surface area contributed by atoms with Crippen molar-refractivity contribution >= 4 is 0 Å². The first-order valence-electron chi connectivity index (χ1n) is 7.55. The molecule has 1 aliphatic rings. The molecule has 21 heavy (non-hydrogen) atoms. The van der Waals surface area contributed by atoms with Gasteiger partial charge in [-0.25, -0.2) is 0 Å². The number of hydrogen-bond donors (Lipinski definition) is 2. The van der Waals surface area contributed by atoms with Gasteiger partial charge in [-0.1, -0.05) is 31.7 Å². The van der Waals surface area contributed by atoms with Crippen molar-refractivity contribution in [1.82, 2.24) is 5.43 Å². The van der Waals surface area contributed by atoms with Gasteiger partial charge in [0.05, 0.1) is 5.56 Å². The van der Waals surface area contributed by atoms with E-state index in [9.17, 15) is 13.2 Å². The van der Waals surface area contributed by atoms with Gasteiger partial charge in [0.25, 0.3) is 0 Å². The molecule has 118 valence electrons. The van der Waals surface area contributed by atoms with Crippen LogP contribution in [-0.2, 0) is 6.18 Å². The maximum atomic E-state index is 12.7. The van der Waals surface area contributed by atoms with Crippen LogP contribution in [0.25, 0.3) is 0 Å². The average Bonchev–Trinajstić information content (AvgIpc) is 2.93. The predicted octanol–water partition coefficient (Wildman–Crippen LogP) is 4.49. The van der Waals surface area contributed by atoms with E-state index in [1.165, 1.54) is 31.7 Å². The van der Waals surface area contributed by atoms with Gasteiger partial charge in [0.15, 0.2) is 0 Å². The summed E-state index contributed by atoms with van der Waals surface area (Å²) in [5.74, 6) is 6.36. The van der Waals surface area contributed by atoms with Crippen LogP contribution < -0.4 is 11.3 Å². The summed E-state index contributed by atoms with van der Waals surface area (Å²) < 4.78 is 38.1. The van der Waals surface area contributed by atoms with Crippen molar-refractivity contribution in [2.45, 2.75) is 57.7 Å². The Morgan fingerprint density at radius 3 is 2.48 bits per heavy atom. The van der Waals surface area contributed by atoms with Gasteiger partial charge in [-0.05, 0) is 48.9 Å². The average molecular weight is 300 g/mol. The number of hydrogen-bond acceptors (Lipinski definition) is 2. The molecule has 0 spiro atoms. The highest BCUT2D eigenvalue weighted by Crippen LogP contribution is 2.34. The zero-order chi connectivity index (χ0) is 15.5. The minimum atomic E-state index is -4.29. The molecule has 2 nitrogen and oxygen atoms in total. The van der Waals surface area contributed by atoms with Crippen molar-refractivity contribution in [2.24, 2.45) is 11.8 Å². The molecule has 1 aliphatic carbocycles. The van der Waals surface area contributed by atoms with Crippen LogP contribution in [0.15, 0.2) is 18.2 Å². The Hall–Kier alpha value is -1.07. The van der Waals surface area contributed by atoms with Gasteiger partial charge in [-0.15, -0.1) is 0 Å². The topological polar surface area (TPSA) is 38.0 Å². The van der Waals surface area contributed by atoms with Crippen LogP contribution >= 0.6 is 0 Å². The minimum Gasteiger partial charge on any atom is -0.271 e. The summed E-state index contributed by atoms with van der Waals surface area (Å²) in [6.45, 7) is 1.71. The number of benzene rings is 1. The lowest BCUT2D eigenvalue weighted by Gasteiger charge is -2.21. The van der Waals surface area contributed by atoms with Crippen LogP contribution in [0.5, 0.6) is 0 Å². The molecule has 1 atom stereocenters. The zero-order valence-electron chi connectivity index (χ0n) is 12.3. The highest BCUT2D eigenvalue weighted by atomic mass is 19.4. The number of hydrazine groups is 1. The lowest BCUT2D eigenvalue weighted by Crippen LogP contribution is -2.29. The first-order valence-corrected chi connectivity index (χ1v) is 7.55. The molecule has 0 bridgehead atoms. The Bertz CT molecular complexity index is 465. The van der Waals surface area contributed by atoms with Crippen LogP contribution in [0.2, 0.25) is 0 Å². The summed E-state index contributed by atoms with van der Waals surface area (Å²) >= 11 is 0. The van der Waals surface area contributed by atoms with E-state index in [1.54, 1.807) is 13.0 Å². The molecule has 0 aromatic heterocycles. The van der Waals surface area contributed by atoms with E-state index in [2.05, 4.69) is 5.43 Å². The van der Waals surface area contributed by atoms with Crippen LogP contribution in [0, 0.1) is 12.8 Å². The number of nitrogens with two attached hydrogens (primary N) is 1. The van der Waals surface area contributed by atoms with Gasteiger partial charge in [-0.2, -0.15) is 13.2 Å². The van der Waals surface area contributed by atoms with Crippen molar-refractivity contribution < 1.29 is 13.2 Å². The second-order valence-electron chi connectivity index (χ2n) is 6.02. The number of nitrogens with one attached hydrogen (secondary N) is 1. The number of aryl methyl sites for hydroxylation is 1. The lowest BCUT2D eigenvalue weighted by atomic mass is 9.92. The fraction of sp³-hybridized carbons (Fsp3) is 0.625.